The lowest BCUT2D eigenvalue weighted by atomic mass is 9.99. The summed E-state index contributed by atoms with van der Waals surface area (Å²) in [6.07, 6.45) is 2.31. The average molecular weight is 461 g/mol. The van der Waals surface area contributed by atoms with Crippen molar-refractivity contribution < 1.29 is 19.1 Å². The molecule has 0 radical (unpaired) electrons. The number of ether oxygens (including phenoxy) is 2. The quantitative estimate of drug-likeness (QED) is 0.633. The first-order valence-electron chi connectivity index (χ1n) is 11.4. The van der Waals surface area contributed by atoms with Crippen molar-refractivity contribution in [2.45, 2.75) is 25.0 Å². The molecule has 34 heavy (non-hydrogen) atoms. The Bertz CT molecular complexity index is 1190. The van der Waals surface area contributed by atoms with Gasteiger partial charge >= 0.3 is 6.03 Å². The second-order valence-electron chi connectivity index (χ2n) is 8.52. The van der Waals surface area contributed by atoms with Crippen molar-refractivity contribution in [3.63, 3.8) is 0 Å². The van der Waals surface area contributed by atoms with Crippen molar-refractivity contribution in [1.82, 2.24) is 14.8 Å². The maximum Gasteiger partial charge on any atom is 0.318 e. The Labute approximate surface area is 198 Å². The third-order valence-corrected chi connectivity index (χ3v) is 6.55. The van der Waals surface area contributed by atoms with E-state index in [9.17, 15) is 9.59 Å². The van der Waals surface area contributed by atoms with Crippen molar-refractivity contribution in [2.24, 2.45) is 0 Å². The fourth-order valence-corrected chi connectivity index (χ4v) is 4.89. The van der Waals surface area contributed by atoms with Gasteiger partial charge in [0.2, 0.25) is 5.91 Å². The summed E-state index contributed by atoms with van der Waals surface area (Å²) in [5, 5.41) is 3.11. The SMILES string of the molecule is COc1ccc(C2c3cccn3CCN2C(=O)NC2CC(=O)N(c3ccccc3)C2)c(OC)c1. The highest BCUT2D eigenvalue weighted by molar-refractivity contribution is 5.96. The first kappa shape index (κ1) is 21.9. The summed E-state index contributed by atoms with van der Waals surface area (Å²) in [5.41, 5.74) is 2.74. The van der Waals surface area contributed by atoms with Crippen LogP contribution in [0.15, 0.2) is 66.9 Å². The summed E-state index contributed by atoms with van der Waals surface area (Å²) in [6.45, 7) is 1.69. The molecule has 0 bridgehead atoms. The molecule has 1 N–H and O–H groups in total. The molecular weight excluding hydrogens is 432 g/mol. The molecule has 0 spiro atoms. The number of methoxy groups -OCH3 is 2. The molecule has 2 aromatic carbocycles. The lowest BCUT2D eigenvalue weighted by Gasteiger charge is -2.38. The lowest BCUT2D eigenvalue weighted by Crippen LogP contribution is -2.50. The molecule has 1 saturated heterocycles. The van der Waals surface area contributed by atoms with Gasteiger partial charge in [0.1, 0.15) is 17.5 Å². The summed E-state index contributed by atoms with van der Waals surface area (Å²) in [7, 11) is 3.23. The summed E-state index contributed by atoms with van der Waals surface area (Å²) < 4.78 is 13.2. The van der Waals surface area contributed by atoms with Gasteiger partial charge in [-0.2, -0.15) is 0 Å². The summed E-state index contributed by atoms with van der Waals surface area (Å²) in [6, 6.07) is 18.5. The van der Waals surface area contributed by atoms with Crippen LogP contribution in [0, 0.1) is 0 Å². The highest BCUT2D eigenvalue weighted by Crippen LogP contribution is 2.39. The van der Waals surface area contributed by atoms with Crippen LogP contribution >= 0.6 is 0 Å². The van der Waals surface area contributed by atoms with Crippen LogP contribution in [0.25, 0.3) is 0 Å². The van der Waals surface area contributed by atoms with Crippen LogP contribution in [-0.4, -0.2) is 54.8 Å². The van der Waals surface area contributed by atoms with Crippen molar-refractivity contribution in [2.75, 3.05) is 32.2 Å². The van der Waals surface area contributed by atoms with E-state index in [0.29, 0.717) is 31.1 Å². The number of nitrogens with one attached hydrogen (secondary N) is 1. The summed E-state index contributed by atoms with van der Waals surface area (Å²) >= 11 is 0. The molecule has 2 aliphatic heterocycles. The zero-order chi connectivity index (χ0) is 23.7. The molecule has 0 saturated carbocycles. The number of nitrogens with zero attached hydrogens (tertiary/aromatic N) is 3. The van der Waals surface area contributed by atoms with Crippen LogP contribution in [0.1, 0.15) is 23.7 Å². The number of urea groups is 1. The Morgan fingerprint density at radius 3 is 2.59 bits per heavy atom. The minimum atomic E-state index is -0.327. The van der Waals surface area contributed by atoms with Crippen molar-refractivity contribution >= 4 is 17.6 Å². The van der Waals surface area contributed by atoms with Gasteiger partial charge in [0, 0.05) is 55.3 Å². The van der Waals surface area contributed by atoms with Gasteiger partial charge in [0.25, 0.3) is 0 Å². The number of anilines is 1. The van der Waals surface area contributed by atoms with Crippen LogP contribution in [-0.2, 0) is 11.3 Å². The minimum Gasteiger partial charge on any atom is -0.497 e. The monoisotopic (exact) mass is 460 g/mol. The third-order valence-electron chi connectivity index (χ3n) is 6.55. The predicted molar refractivity (Wildman–Crippen MR) is 128 cm³/mol. The van der Waals surface area contributed by atoms with E-state index in [0.717, 1.165) is 16.9 Å². The molecule has 2 atom stereocenters. The molecule has 3 aromatic rings. The standard InChI is InChI=1S/C26H28N4O4/c1-33-20-10-11-21(23(16-20)34-2)25-22-9-6-12-28(22)13-14-29(25)26(32)27-18-15-24(31)30(17-18)19-7-4-3-5-8-19/h3-12,16,18,25H,13-15,17H2,1-2H3,(H,27,32). The number of fused-ring (bicyclic) bond motifs is 1. The number of hydrogen-bond acceptors (Lipinski definition) is 4. The minimum absolute atomic E-state index is 0.0115. The molecular formula is C26H28N4O4. The van der Waals surface area contributed by atoms with E-state index in [1.54, 1.807) is 19.1 Å². The molecule has 3 heterocycles. The maximum absolute atomic E-state index is 13.6. The van der Waals surface area contributed by atoms with E-state index in [1.807, 2.05) is 71.8 Å². The van der Waals surface area contributed by atoms with Crippen LogP contribution in [0.3, 0.4) is 0 Å². The Balaban J connectivity index is 1.40. The number of amides is 3. The number of hydrogen-bond donors (Lipinski definition) is 1. The number of aromatic nitrogens is 1. The first-order chi connectivity index (χ1) is 16.6. The topological polar surface area (TPSA) is 76.0 Å². The highest BCUT2D eigenvalue weighted by Gasteiger charge is 2.37. The van der Waals surface area contributed by atoms with E-state index < -0.39 is 0 Å². The fraction of sp³-hybridized carbons (Fsp3) is 0.308. The molecule has 3 amide bonds. The van der Waals surface area contributed by atoms with Gasteiger partial charge in [-0.15, -0.1) is 0 Å². The Hall–Kier alpha value is -3.94. The van der Waals surface area contributed by atoms with E-state index in [2.05, 4.69) is 9.88 Å². The van der Waals surface area contributed by atoms with Gasteiger partial charge in [0.05, 0.1) is 20.3 Å². The molecule has 2 unspecified atom stereocenters. The van der Waals surface area contributed by atoms with Crippen LogP contribution in [0.5, 0.6) is 11.5 Å². The molecule has 5 rings (SSSR count). The zero-order valence-electron chi connectivity index (χ0n) is 19.3. The normalized spacial score (nSPS) is 19.6. The van der Waals surface area contributed by atoms with Crippen molar-refractivity contribution in [3.05, 3.63) is 78.1 Å². The predicted octanol–water partition coefficient (Wildman–Crippen LogP) is 3.43. The van der Waals surface area contributed by atoms with E-state index in [4.69, 9.17) is 9.47 Å². The van der Waals surface area contributed by atoms with E-state index in [-0.39, 0.29) is 30.4 Å². The molecule has 1 fully saturated rings. The number of benzene rings is 2. The molecule has 176 valence electrons. The van der Waals surface area contributed by atoms with E-state index in [1.165, 1.54) is 0 Å². The number of para-hydroxylation sites is 1. The first-order valence-corrected chi connectivity index (χ1v) is 11.4. The molecule has 2 aliphatic rings. The van der Waals surface area contributed by atoms with Gasteiger partial charge in [-0.3, -0.25) is 4.79 Å². The van der Waals surface area contributed by atoms with Gasteiger partial charge < -0.3 is 29.2 Å². The Morgan fingerprint density at radius 2 is 1.82 bits per heavy atom. The van der Waals surface area contributed by atoms with Crippen LogP contribution in [0.4, 0.5) is 10.5 Å². The smallest absolute Gasteiger partial charge is 0.318 e. The van der Waals surface area contributed by atoms with E-state index >= 15 is 0 Å². The second-order valence-corrected chi connectivity index (χ2v) is 8.52. The number of carbonyl (C=O) groups excluding carboxylic acids is 2. The van der Waals surface area contributed by atoms with Crippen molar-refractivity contribution in [3.8, 4) is 11.5 Å². The number of carbonyl (C=O) groups is 2. The molecule has 8 nitrogen and oxygen atoms in total. The van der Waals surface area contributed by atoms with Gasteiger partial charge in [-0.05, 0) is 36.4 Å². The molecule has 8 heteroatoms. The van der Waals surface area contributed by atoms with Crippen LogP contribution < -0.4 is 19.7 Å². The average Bonchev–Trinajstić information content (AvgIpc) is 3.49. The molecule has 1 aromatic heterocycles. The third kappa shape index (κ3) is 3.96. The summed E-state index contributed by atoms with van der Waals surface area (Å²) in [4.78, 5) is 29.7. The largest absolute Gasteiger partial charge is 0.497 e. The maximum atomic E-state index is 13.6. The Morgan fingerprint density at radius 1 is 1.00 bits per heavy atom. The number of rotatable bonds is 5. The zero-order valence-corrected chi connectivity index (χ0v) is 19.3. The molecule has 0 aliphatic carbocycles. The summed E-state index contributed by atoms with van der Waals surface area (Å²) in [5.74, 6) is 1.36. The fourth-order valence-electron chi connectivity index (χ4n) is 4.89. The van der Waals surface area contributed by atoms with Gasteiger partial charge in [-0.1, -0.05) is 18.2 Å². The highest BCUT2D eigenvalue weighted by atomic mass is 16.5. The lowest BCUT2D eigenvalue weighted by molar-refractivity contribution is -0.117. The van der Waals surface area contributed by atoms with Gasteiger partial charge in [-0.25, -0.2) is 4.79 Å². The second kappa shape index (κ2) is 9.13. The Kier molecular flexibility index (Phi) is 5.88. The van der Waals surface area contributed by atoms with Gasteiger partial charge in [0.15, 0.2) is 0 Å². The van der Waals surface area contributed by atoms with Crippen molar-refractivity contribution in [1.29, 1.82) is 0 Å². The van der Waals surface area contributed by atoms with Crippen LogP contribution in [0.2, 0.25) is 0 Å².